The molecule has 0 saturated carbocycles. The highest BCUT2D eigenvalue weighted by Gasteiger charge is 2.23. The van der Waals surface area contributed by atoms with Crippen molar-refractivity contribution < 1.29 is 9.31 Å². The first kappa shape index (κ1) is 17.8. The van der Waals surface area contributed by atoms with Crippen LogP contribution in [-0.2, 0) is 6.54 Å². The van der Waals surface area contributed by atoms with E-state index in [4.69, 9.17) is 5.73 Å². The van der Waals surface area contributed by atoms with Crippen molar-refractivity contribution in [2.75, 3.05) is 13.1 Å². The Bertz CT molecular complexity index is 485. The first-order valence-corrected chi connectivity index (χ1v) is 6.98. The summed E-state index contributed by atoms with van der Waals surface area (Å²) in [5, 5.41) is 10.6. The average molecular weight is 318 g/mol. The van der Waals surface area contributed by atoms with E-state index in [9.17, 15) is 14.5 Å². The number of hydrogen-bond donors (Lipinski definition) is 1. The van der Waals surface area contributed by atoms with Gasteiger partial charge < -0.3 is 5.73 Å². The average Bonchev–Trinajstić information content (AvgIpc) is 2.43. The summed E-state index contributed by atoms with van der Waals surface area (Å²) >= 11 is 0. The van der Waals surface area contributed by atoms with E-state index in [-0.39, 0.29) is 18.1 Å². The summed E-state index contributed by atoms with van der Waals surface area (Å²) in [4.78, 5) is 12.3. The van der Waals surface area contributed by atoms with Crippen LogP contribution in [0.5, 0.6) is 0 Å². The normalized spacial score (nSPS) is 19.0. The maximum absolute atomic E-state index is 13.9. The molecule has 0 bridgehead atoms. The second-order valence-corrected chi connectivity index (χ2v) is 5.23. The molecular weight excluding hydrogens is 297 g/mol. The molecule has 1 heterocycles. The van der Waals surface area contributed by atoms with E-state index in [0.717, 1.165) is 31.9 Å². The lowest BCUT2D eigenvalue weighted by molar-refractivity contribution is -0.385. The van der Waals surface area contributed by atoms with E-state index >= 15 is 0 Å². The largest absolute Gasteiger partial charge is 0.330 e. The van der Waals surface area contributed by atoms with E-state index in [1.807, 2.05) is 0 Å². The SMILES string of the molecule is Cl.NCCC1CCCCN1Cc1ccc([N+](=O)[O-])cc1F. The summed E-state index contributed by atoms with van der Waals surface area (Å²) in [7, 11) is 0. The van der Waals surface area contributed by atoms with Crippen LogP contribution in [0.3, 0.4) is 0 Å². The van der Waals surface area contributed by atoms with Gasteiger partial charge in [-0.05, 0) is 38.4 Å². The molecule has 1 aliphatic heterocycles. The quantitative estimate of drug-likeness (QED) is 0.669. The van der Waals surface area contributed by atoms with Crippen molar-refractivity contribution in [3.63, 3.8) is 0 Å². The topological polar surface area (TPSA) is 72.4 Å². The van der Waals surface area contributed by atoms with Crippen LogP contribution in [0.25, 0.3) is 0 Å². The zero-order valence-electron chi connectivity index (χ0n) is 11.8. The second-order valence-electron chi connectivity index (χ2n) is 5.23. The molecule has 2 rings (SSSR count). The summed E-state index contributed by atoms with van der Waals surface area (Å²) in [6, 6.07) is 4.27. The molecule has 5 nitrogen and oxygen atoms in total. The third-order valence-electron chi connectivity index (χ3n) is 3.87. The summed E-state index contributed by atoms with van der Waals surface area (Å²) < 4.78 is 13.9. The van der Waals surface area contributed by atoms with E-state index in [1.54, 1.807) is 0 Å². The maximum atomic E-state index is 13.9. The molecule has 2 N–H and O–H groups in total. The third kappa shape index (κ3) is 4.62. The van der Waals surface area contributed by atoms with Gasteiger partial charge in [0.1, 0.15) is 5.82 Å². The van der Waals surface area contributed by atoms with Gasteiger partial charge in [-0.15, -0.1) is 12.4 Å². The Balaban J connectivity index is 0.00000220. The Labute approximate surface area is 129 Å². The number of likely N-dealkylation sites (tertiary alicyclic amines) is 1. The molecular formula is C14H21ClFN3O2. The maximum Gasteiger partial charge on any atom is 0.272 e. The lowest BCUT2D eigenvalue weighted by Gasteiger charge is -2.35. The molecule has 1 aliphatic rings. The van der Waals surface area contributed by atoms with Gasteiger partial charge in [0.15, 0.2) is 0 Å². The number of nitrogens with zero attached hydrogens (tertiary/aromatic N) is 2. The zero-order chi connectivity index (χ0) is 14.5. The molecule has 0 radical (unpaired) electrons. The summed E-state index contributed by atoms with van der Waals surface area (Å²) in [5.74, 6) is -0.503. The Morgan fingerprint density at radius 2 is 2.19 bits per heavy atom. The molecule has 0 amide bonds. The van der Waals surface area contributed by atoms with Crippen molar-refractivity contribution in [1.82, 2.24) is 4.90 Å². The molecule has 1 fully saturated rings. The van der Waals surface area contributed by atoms with Crippen molar-refractivity contribution in [1.29, 1.82) is 0 Å². The second kappa shape index (κ2) is 8.26. The van der Waals surface area contributed by atoms with Crippen molar-refractivity contribution in [3.05, 3.63) is 39.7 Å². The van der Waals surface area contributed by atoms with Crippen LogP contribution in [0, 0.1) is 15.9 Å². The fraction of sp³-hybridized carbons (Fsp3) is 0.571. The molecule has 1 unspecified atom stereocenters. The highest BCUT2D eigenvalue weighted by molar-refractivity contribution is 5.85. The van der Waals surface area contributed by atoms with Crippen LogP contribution in [0.4, 0.5) is 10.1 Å². The van der Waals surface area contributed by atoms with E-state index in [1.165, 1.54) is 18.6 Å². The van der Waals surface area contributed by atoms with Gasteiger partial charge >= 0.3 is 0 Å². The monoisotopic (exact) mass is 317 g/mol. The Kier molecular flexibility index (Phi) is 7.01. The van der Waals surface area contributed by atoms with Gasteiger partial charge in [0, 0.05) is 24.2 Å². The molecule has 0 aliphatic carbocycles. The summed E-state index contributed by atoms with van der Waals surface area (Å²) in [5.41, 5.74) is 5.93. The number of nitrogens with two attached hydrogens (primary N) is 1. The van der Waals surface area contributed by atoms with Crippen molar-refractivity contribution in [3.8, 4) is 0 Å². The smallest absolute Gasteiger partial charge is 0.272 e. The zero-order valence-corrected chi connectivity index (χ0v) is 12.7. The molecule has 1 atom stereocenters. The minimum atomic E-state index is -0.578. The van der Waals surface area contributed by atoms with Gasteiger partial charge in [0.25, 0.3) is 5.69 Å². The first-order chi connectivity index (χ1) is 9.61. The number of non-ortho nitro benzene ring substituents is 1. The number of nitro benzene ring substituents is 1. The van der Waals surface area contributed by atoms with E-state index in [0.29, 0.717) is 24.7 Å². The van der Waals surface area contributed by atoms with E-state index in [2.05, 4.69) is 4.90 Å². The standard InChI is InChI=1S/C14H20FN3O2.ClH/c15-14-9-13(18(19)20)5-4-11(14)10-17-8-2-1-3-12(17)6-7-16;/h4-5,9,12H,1-3,6-8,10,16H2;1H. The van der Waals surface area contributed by atoms with Gasteiger partial charge in [0.05, 0.1) is 11.0 Å². The summed E-state index contributed by atoms with van der Waals surface area (Å²) in [6.07, 6.45) is 4.29. The predicted octanol–water partition coefficient (Wildman–Crippen LogP) is 2.86. The molecule has 0 spiro atoms. The molecule has 1 aromatic carbocycles. The summed E-state index contributed by atoms with van der Waals surface area (Å²) in [6.45, 7) is 2.06. The van der Waals surface area contributed by atoms with Gasteiger partial charge in [-0.3, -0.25) is 15.0 Å². The van der Waals surface area contributed by atoms with Gasteiger partial charge in [-0.2, -0.15) is 0 Å². The van der Waals surface area contributed by atoms with Crippen LogP contribution < -0.4 is 5.73 Å². The minimum absolute atomic E-state index is 0. The molecule has 0 aromatic heterocycles. The minimum Gasteiger partial charge on any atom is -0.330 e. The fourth-order valence-corrected chi connectivity index (χ4v) is 2.78. The Morgan fingerprint density at radius 1 is 1.43 bits per heavy atom. The number of piperidine rings is 1. The van der Waals surface area contributed by atoms with Crippen molar-refractivity contribution >= 4 is 18.1 Å². The third-order valence-corrected chi connectivity index (χ3v) is 3.87. The van der Waals surface area contributed by atoms with Crippen LogP contribution in [0.2, 0.25) is 0 Å². The van der Waals surface area contributed by atoms with Crippen LogP contribution >= 0.6 is 12.4 Å². The van der Waals surface area contributed by atoms with Gasteiger partial charge in [-0.25, -0.2) is 4.39 Å². The molecule has 21 heavy (non-hydrogen) atoms. The molecule has 1 aromatic rings. The Hall–Kier alpha value is -1.24. The van der Waals surface area contributed by atoms with Crippen LogP contribution in [-0.4, -0.2) is 29.0 Å². The number of halogens is 2. The lowest BCUT2D eigenvalue weighted by atomic mass is 9.98. The highest BCUT2D eigenvalue weighted by atomic mass is 35.5. The number of benzene rings is 1. The first-order valence-electron chi connectivity index (χ1n) is 6.98. The van der Waals surface area contributed by atoms with Crippen LogP contribution in [0.1, 0.15) is 31.2 Å². The van der Waals surface area contributed by atoms with Gasteiger partial charge in [0.2, 0.25) is 0 Å². The molecule has 1 saturated heterocycles. The molecule has 7 heteroatoms. The molecule has 118 valence electrons. The number of hydrogen-bond acceptors (Lipinski definition) is 4. The number of nitro groups is 1. The Morgan fingerprint density at radius 3 is 2.81 bits per heavy atom. The lowest BCUT2D eigenvalue weighted by Crippen LogP contribution is -2.40. The van der Waals surface area contributed by atoms with Crippen molar-refractivity contribution in [2.45, 2.75) is 38.3 Å². The predicted molar refractivity (Wildman–Crippen MR) is 82.0 cm³/mol. The number of rotatable bonds is 5. The van der Waals surface area contributed by atoms with Crippen LogP contribution in [0.15, 0.2) is 18.2 Å². The fourth-order valence-electron chi connectivity index (χ4n) is 2.78. The highest BCUT2D eigenvalue weighted by Crippen LogP contribution is 2.24. The van der Waals surface area contributed by atoms with E-state index < -0.39 is 10.7 Å². The van der Waals surface area contributed by atoms with Crippen molar-refractivity contribution in [2.24, 2.45) is 5.73 Å². The van der Waals surface area contributed by atoms with Gasteiger partial charge in [-0.1, -0.05) is 6.42 Å².